The fraction of sp³-hybridized carbons (Fsp3) is 0.438. The fourth-order valence-corrected chi connectivity index (χ4v) is 6.75. The average Bonchev–Trinajstić information content (AvgIpc) is 2.93. The molecule has 40 heavy (non-hydrogen) atoms. The van der Waals surface area contributed by atoms with Crippen LogP contribution in [0.4, 0.5) is 4.79 Å². The lowest BCUT2D eigenvalue weighted by Crippen LogP contribution is -2.52. The fourth-order valence-electron chi connectivity index (χ4n) is 5.33. The van der Waals surface area contributed by atoms with Gasteiger partial charge in [-0.05, 0) is 79.6 Å². The number of carbonyl (C=O) groups is 1. The minimum Gasteiger partial charge on any atom is -0.487 e. The van der Waals surface area contributed by atoms with Crippen molar-refractivity contribution in [1.29, 1.82) is 0 Å². The molecule has 7 nitrogen and oxygen atoms in total. The quantitative estimate of drug-likeness (QED) is 0.334. The maximum absolute atomic E-state index is 12.7. The molecule has 3 heterocycles. The predicted octanol–water partition coefficient (Wildman–Crippen LogP) is 6.35. The van der Waals surface area contributed by atoms with E-state index >= 15 is 0 Å². The van der Waals surface area contributed by atoms with Crippen molar-refractivity contribution in [2.45, 2.75) is 75.6 Å². The van der Waals surface area contributed by atoms with Gasteiger partial charge in [0.2, 0.25) is 0 Å². The molecule has 0 N–H and O–H groups in total. The second kappa shape index (κ2) is 11.2. The molecule has 0 aliphatic carbocycles. The molecule has 0 bridgehead atoms. The van der Waals surface area contributed by atoms with Gasteiger partial charge < -0.3 is 14.4 Å². The van der Waals surface area contributed by atoms with Crippen molar-refractivity contribution in [3.8, 4) is 16.9 Å². The molecule has 1 amide bonds. The monoisotopic (exact) mass is 562 g/mol. The Hall–Kier alpha value is -3.39. The number of hydrogen-bond acceptors (Lipinski definition) is 6. The van der Waals surface area contributed by atoms with Gasteiger partial charge in [-0.15, -0.1) is 0 Å². The molecule has 1 fully saturated rings. The SMILES string of the molecule is CCC(C)(C)OC(=O)N1CCC2(CCc3cc(-c4ccc(CS(=O)(=O)Cc5ccccn5)cc4)ccc3O2)CC1. The zero-order valence-corrected chi connectivity index (χ0v) is 24.4. The molecule has 0 radical (unpaired) electrons. The first-order valence-corrected chi connectivity index (χ1v) is 15.9. The first-order chi connectivity index (χ1) is 19.1. The maximum Gasteiger partial charge on any atom is 0.410 e. The predicted molar refractivity (Wildman–Crippen MR) is 156 cm³/mol. The summed E-state index contributed by atoms with van der Waals surface area (Å²) in [6.07, 6.45) is 5.57. The number of piperidine rings is 1. The van der Waals surface area contributed by atoms with Crippen molar-refractivity contribution in [2.75, 3.05) is 13.1 Å². The van der Waals surface area contributed by atoms with Gasteiger partial charge in [0.25, 0.3) is 0 Å². The van der Waals surface area contributed by atoms with Crippen LogP contribution < -0.4 is 4.74 Å². The summed E-state index contributed by atoms with van der Waals surface area (Å²) in [6.45, 7) is 7.17. The zero-order valence-electron chi connectivity index (χ0n) is 23.6. The van der Waals surface area contributed by atoms with Crippen molar-refractivity contribution in [3.63, 3.8) is 0 Å². The number of likely N-dealkylation sites (tertiary alicyclic amines) is 1. The molecule has 0 saturated carbocycles. The molecular weight excluding hydrogens is 524 g/mol. The van der Waals surface area contributed by atoms with E-state index in [9.17, 15) is 13.2 Å². The van der Waals surface area contributed by atoms with Gasteiger partial charge >= 0.3 is 6.09 Å². The highest BCUT2D eigenvalue weighted by atomic mass is 32.2. The Morgan fingerprint density at radius 3 is 2.40 bits per heavy atom. The minimum absolute atomic E-state index is 0.0184. The van der Waals surface area contributed by atoms with Crippen LogP contribution in [0.1, 0.15) is 63.3 Å². The second-order valence-corrected chi connectivity index (χ2v) is 13.7. The third-order valence-electron chi connectivity index (χ3n) is 8.15. The molecule has 1 aromatic heterocycles. The Kier molecular flexibility index (Phi) is 7.91. The van der Waals surface area contributed by atoms with Gasteiger partial charge in [0, 0.05) is 32.1 Å². The van der Waals surface area contributed by atoms with Crippen molar-refractivity contribution >= 4 is 15.9 Å². The molecule has 0 unspecified atom stereocenters. The van der Waals surface area contributed by atoms with E-state index in [0.29, 0.717) is 18.8 Å². The van der Waals surface area contributed by atoms with Gasteiger partial charge in [-0.3, -0.25) is 4.98 Å². The van der Waals surface area contributed by atoms with Gasteiger partial charge in [-0.2, -0.15) is 0 Å². The molecule has 3 aromatic rings. The molecule has 2 aromatic carbocycles. The zero-order chi connectivity index (χ0) is 28.4. The maximum atomic E-state index is 12.7. The van der Waals surface area contributed by atoms with Crippen molar-refractivity contribution in [2.24, 2.45) is 0 Å². The Morgan fingerprint density at radius 2 is 1.73 bits per heavy atom. The van der Waals surface area contributed by atoms with Crippen LogP contribution in [0.3, 0.4) is 0 Å². The highest BCUT2D eigenvalue weighted by Gasteiger charge is 2.41. The number of hydrogen-bond donors (Lipinski definition) is 0. The summed E-state index contributed by atoms with van der Waals surface area (Å²) < 4.78 is 37.6. The first kappa shape index (κ1) is 28.1. The number of carbonyl (C=O) groups excluding carboxylic acids is 1. The average molecular weight is 563 g/mol. The van der Waals surface area contributed by atoms with E-state index in [2.05, 4.69) is 17.1 Å². The van der Waals surface area contributed by atoms with Crippen LogP contribution in [0.25, 0.3) is 11.1 Å². The van der Waals surface area contributed by atoms with Crippen LogP contribution >= 0.6 is 0 Å². The lowest BCUT2D eigenvalue weighted by atomic mass is 9.82. The van der Waals surface area contributed by atoms with Gasteiger partial charge in [0.1, 0.15) is 17.0 Å². The number of nitrogens with zero attached hydrogens (tertiary/aromatic N) is 2. The summed E-state index contributed by atoms with van der Waals surface area (Å²) >= 11 is 0. The standard InChI is InChI=1S/C32H38N2O5S/c1-4-31(2,3)39-30(35)34-19-16-32(17-20-34)15-14-27-21-26(12-13-29(27)38-32)25-10-8-24(9-11-25)22-40(36,37)23-28-7-5-6-18-33-28/h5-13,18,21H,4,14-17,19-20,22-23H2,1-3H3. The van der Waals surface area contributed by atoms with Crippen LogP contribution in [0, 0.1) is 0 Å². The topological polar surface area (TPSA) is 85.8 Å². The molecular formula is C32H38N2O5S. The number of fused-ring (bicyclic) bond motifs is 1. The summed E-state index contributed by atoms with van der Waals surface area (Å²) in [4.78, 5) is 18.5. The van der Waals surface area contributed by atoms with E-state index in [-0.39, 0.29) is 23.2 Å². The number of aryl methyl sites for hydroxylation is 1. The molecule has 212 valence electrons. The summed E-state index contributed by atoms with van der Waals surface area (Å²) in [7, 11) is -3.32. The summed E-state index contributed by atoms with van der Waals surface area (Å²) in [5.41, 5.74) is 3.92. The van der Waals surface area contributed by atoms with E-state index < -0.39 is 15.4 Å². The molecule has 1 saturated heterocycles. The van der Waals surface area contributed by atoms with Crippen LogP contribution in [0.5, 0.6) is 5.75 Å². The lowest BCUT2D eigenvalue weighted by molar-refractivity contribution is -0.0313. The Balaban J connectivity index is 1.20. The van der Waals surface area contributed by atoms with Crippen LogP contribution in [0.2, 0.25) is 0 Å². The van der Waals surface area contributed by atoms with Crippen LogP contribution in [-0.2, 0) is 32.5 Å². The number of benzene rings is 2. The number of aromatic nitrogens is 1. The van der Waals surface area contributed by atoms with Gasteiger partial charge in [0.15, 0.2) is 9.84 Å². The van der Waals surface area contributed by atoms with Gasteiger partial charge in [-0.1, -0.05) is 43.3 Å². The van der Waals surface area contributed by atoms with E-state index in [4.69, 9.17) is 9.47 Å². The lowest BCUT2D eigenvalue weighted by Gasteiger charge is -2.44. The third kappa shape index (κ3) is 6.66. The summed E-state index contributed by atoms with van der Waals surface area (Å²) in [5.74, 6) is 0.826. The number of pyridine rings is 1. The van der Waals surface area contributed by atoms with Crippen molar-refractivity contribution in [1.82, 2.24) is 9.88 Å². The molecule has 2 aliphatic heterocycles. The van der Waals surface area contributed by atoms with Crippen LogP contribution in [-0.4, -0.2) is 48.7 Å². The van der Waals surface area contributed by atoms with E-state index in [1.807, 2.05) is 51.1 Å². The smallest absolute Gasteiger partial charge is 0.410 e. The highest BCUT2D eigenvalue weighted by molar-refractivity contribution is 7.89. The van der Waals surface area contributed by atoms with Crippen molar-refractivity contribution in [3.05, 3.63) is 83.7 Å². The normalized spacial score (nSPS) is 16.7. The first-order valence-electron chi connectivity index (χ1n) is 14.0. The van der Waals surface area contributed by atoms with Gasteiger partial charge in [0.05, 0.1) is 17.2 Å². The molecule has 0 atom stereocenters. The number of sulfone groups is 1. The molecule has 5 rings (SSSR count). The molecule has 2 aliphatic rings. The van der Waals surface area contributed by atoms with Crippen molar-refractivity contribution < 1.29 is 22.7 Å². The Bertz CT molecular complexity index is 1440. The number of rotatable bonds is 7. The summed E-state index contributed by atoms with van der Waals surface area (Å²) in [5, 5.41) is 0. The molecule has 1 spiro atoms. The summed E-state index contributed by atoms with van der Waals surface area (Å²) in [6, 6.07) is 19.3. The number of ether oxygens (including phenoxy) is 2. The van der Waals surface area contributed by atoms with Crippen LogP contribution in [0.15, 0.2) is 66.9 Å². The van der Waals surface area contributed by atoms with E-state index in [1.165, 1.54) is 5.56 Å². The minimum atomic E-state index is -3.32. The van der Waals surface area contributed by atoms with E-state index in [0.717, 1.165) is 54.5 Å². The Morgan fingerprint density at radius 1 is 1.00 bits per heavy atom. The highest BCUT2D eigenvalue weighted by Crippen LogP contribution is 2.41. The molecule has 8 heteroatoms. The Labute approximate surface area is 237 Å². The van der Waals surface area contributed by atoms with Gasteiger partial charge in [-0.25, -0.2) is 13.2 Å². The van der Waals surface area contributed by atoms with E-state index in [1.54, 1.807) is 29.3 Å². The largest absolute Gasteiger partial charge is 0.487 e. The number of amides is 1. The third-order valence-corrected chi connectivity index (χ3v) is 9.66. The second-order valence-electron chi connectivity index (χ2n) is 11.6.